The Morgan fingerprint density at radius 3 is 2.43 bits per heavy atom. The minimum Gasteiger partial charge on any atom is -0.328 e. The molecule has 2 heterocycles. The van der Waals surface area contributed by atoms with Gasteiger partial charge in [-0.3, -0.25) is 9.80 Å². The van der Waals surface area contributed by atoms with Gasteiger partial charge in [-0.25, -0.2) is 0 Å². The van der Waals surface area contributed by atoms with Gasteiger partial charge in [0.25, 0.3) is 0 Å². The predicted molar refractivity (Wildman–Crippen MR) is 96.3 cm³/mol. The van der Waals surface area contributed by atoms with E-state index in [1.807, 2.05) is 0 Å². The molecule has 116 valence electrons. The Hall–Kier alpha value is -0.170. The molecule has 3 nitrogen and oxygen atoms in total. The van der Waals surface area contributed by atoms with Gasteiger partial charge in [0, 0.05) is 34.8 Å². The van der Waals surface area contributed by atoms with Gasteiger partial charge in [-0.05, 0) is 79.6 Å². The van der Waals surface area contributed by atoms with E-state index in [9.17, 15) is 0 Å². The van der Waals surface area contributed by atoms with Crippen LogP contribution in [0.1, 0.15) is 37.8 Å². The summed E-state index contributed by atoms with van der Waals surface area (Å²) >= 11 is 2.37. The highest BCUT2D eigenvalue weighted by molar-refractivity contribution is 14.1. The smallest absolute Gasteiger partial charge is 0.0320 e. The maximum absolute atomic E-state index is 6.02. The van der Waals surface area contributed by atoms with Gasteiger partial charge in [0.15, 0.2) is 0 Å². The molecule has 0 bridgehead atoms. The summed E-state index contributed by atoms with van der Waals surface area (Å²) in [5.74, 6) is 0. The van der Waals surface area contributed by atoms with E-state index in [4.69, 9.17) is 5.73 Å². The van der Waals surface area contributed by atoms with Crippen LogP contribution in [0.3, 0.4) is 0 Å². The van der Waals surface area contributed by atoms with Gasteiger partial charge >= 0.3 is 0 Å². The molecule has 2 fully saturated rings. The second-order valence-electron chi connectivity index (χ2n) is 6.54. The monoisotopic (exact) mass is 399 g/mol. The van der Waals surface area contributed by atoms with Gasteiger partial charge in [-0.2, -0.15) is 0 Å². The fourth-order valence-corrected chi connectivity index (χ4v) is 4.01. The van der Waals surface area contributed by atoms with Crippen molar-refractivity contribution in [2.75, 3.05) is 26.2 Å². The number of rotatable bonds is 3. The number of benzene rings is 1. The van der Waals surface area contributed by atoms with Crippen LogP contribution in [0.2, 0.25) is 0 Å². The van der Waals surface area contributed by atoms with Crippen molar-refractivity contribution in [2.24, 2.45) is 5.73 Å². The van der Waals surface area contributed by atoms with Crippen molar-refractivity contribution >= 4 is 22.6 Å². The Kier molecular flexibility index (Phi) is 5.19. The Morgan fingerprint density at radius 1 is 1.10 bits per heavy atom. The van der Waals surface area contributed by atoms with E-state index < -0.39 is 0 Å². The maximum Gasteiger partial charge on any atom is 0.0320 e. The van der Waals surface area contributed by atoms with Gasteiger partial charge in [-0.1, -0.05) is 12.1 Å². The second-order valence-corrected chi connectivity index (χ2v) is 7.78. The first-order valence-corrected chi connectivity index (χ1v) is 9.20. The summed E-state index contributed by atoms with van der Waals surface area (Å²) in [5.41, 5.74) is 7.46. The molecule has 21 heavy (non-hydrogen) atoms. The summed E-state index contributed by atoms with van der Waals surface area (Å²) in [5, 5.41) is 0. The molecule has 0 aromatic heterocycles. The maximum atomic E-state index is 6.02. The number of piperidine rings is 1. The van der Waals surface area contributed by atoms with Gasteiger partial charge in [0.2, 0.25) is 0 Å². The molecule has 0 amide bonds. The van der Waals surface area contributed by atoms with Gasteiger partial charge < -0.3 is 5.73 Å². The lowest BCUT2D eigenvalue weighted by Crippen LogP contribution is -2.46. The predicted octanol–water partition coefficient (Wildman–Crippen LogP) is 2.85. The van der Waals surface area contributed by atoms with Crippen molar-refractivity contribution in [3.8, 4) is 0 Å². The van der Waals surface area contributed by atoms with E-state index in [1.54, 1.807) is 0 Å². The van der Waals surface area contributed by atoms with Crippen LogP contribution in [0.4, 0.5) is 0 Å². The number of halogens is 1. The summed E-state index contributed by atoms with van der Waals surface area (Å²) in [7, 11) is 0. The standard InChI is InChI=1S/C17H26IN3/c1-13(14-2-4-15(18)5-3-14)21-11-8-17(12-21)20-9-6-16(19)7-10-20/h2-5,13,16-17H,6-12,19H2,1H3. The summed E-state index contributed by atoms with van der Waals surface area (Å²) in [6, 6.07) is 10.7. The fourth-order valence-electron chi connectivity index (χ4n) is 3.65. The molecule has 2 unspecified atom stereocenters. The van der Waals surface area contributed by atoms with Crippen molar-refractivity contribution in [3.63, 3.8) is 0 Å². The molecule has 1 aromatic carbocycles. The molecule has 0 aliphatic carbocycles. The average Bonchev–Trinajstić information content (AvgIpc) is 2.98. The summed E-state index contributed by atoms with van der Waals surface area (Å²) in [6.45, 7) is 7.16. The number of likely N-dealkylation sites (tertiary alicyclic amines) is 2. The lowest BCUT2D eigenvalue weighted by Gasteiger charge is -2.35. The van der Waals surface area contributed by atoms with Crippen LogP contribution >= 0.6 is 22.6 Å². The number of nitrogens with two attached hydrogens (primary N) is 1. The third kappa shape index (κ3) is 3.78. The molecule has 4 heteroatoms. The summed E-state index contributed by atoms with van der Waals surface area (Å²) < 4.78 is 1.31. The SMILES string of the molecule is CC(c1ccc(I)cc1)N1CCC(N2CCC(N)CC2)C1. The first-order valence-electron chi connectivity index (χ1n) is 8.12. The van der Waals surface area contributed by atoms with Crippen LogP contribution < -0.4 is 5.73 Å². The second kappa shape index (κ2) is 6.94. The van der Waals surface area contributed by atoms with Crippen molar-refractivity contribution in [3.05, 3.63) is 33.4 Å². The van der Waals surface area contributed by atoms with Crippen LogP contribution in [0.25, 0.3) is 0 Å². The van der Waals surface area contributed by atoms with Crippen molar-refractivity contribution in [2.45, 2.75) is 44.3 Å². The van der Waals surface area contributed by atoms with E-state index in [2.05, 4.69) is 63.6 Å². The molecule has 3 rings (SSSR count). The minimum atomic E-state index is 0.435. The molecule has 0 spiro atoms. The largest absolute Gasteiger partial charge is 0.328 e. The lowest BCUT2D eigenvalue weighted by molar-refractivity contribution is 0.146. The van der Waals surface area contributed by atoms with Crippen LogP contribution in [0.15, 0.2) is 24.3 Å². The van der Waals surface area contributed by atoms with Gasteiger partial charge in [-0.15, -0.1) is 0 Å². The van der Waals surface area contributed by atoms with Gasteiger partial charge in [0.1, 0.15) is 0 Å². The zero-order valence-corrected chi connectivity index (χ0v) is 15.0. The molecular weight excluding hydrogens is 373 g/mol. The van der Waals surface area contributed by atoms with E-state index in [0.29, 0.717) is 12.1 Å². The molecular formula is C17H26IN3. The topological polar surface area (TPSA) is 32.5 Å². The molecule has 2 N–H and O–H groups in total. The quantitative estimate of drug-likeness (QED) is 0.794. The van der Waals surface area contributed by atoms with E-state index in [-0.39, 0.29) is 0 Å². The third-order valence-electron chi connectivity index (χ3n) is 5.19. The van der Waals surface area contributed by atoms with Crippen LogP contribution in [-0.4, -0.2) is 48.1 Å². The van der Waals surface area contributed by atoms with Gasteiger partial charge in [0.05, 0.1) is 0 Å². The molecule has 2 atom stereocenters. The third-order valence-corrected chi connectivity index (χ3v) is 5.90. The highest BCUT2D eigenvalue weighted by atomic mass is 127. The normalized spacial score (nSPS) is 27.1. The Labute approximate surface area is 142 Å². The zero-order valence-electron chi connectivity index (χ0n) is 12.8. The van der Waals surface area contributed by atoms with Crippen LogP contribution in [0.5, 0.6) is 0 Å². The first-order chi connectivity index (χ1) is 10.1. The Bertz CT molecular complexity index is 454. The van der Waals surface area contributed by atoms with E-state index in [1.165, 1.54) is 54.6 Å². The van der Waals surface area contributed by atoms with Crippen LogP contribution in [0, 0.1) is 3.57 Å². The van der Waals surface area contributed by atoms with Crippen molar-refractivity contribution in [1.82, 2.24) is 9.80 Å². The Morgan fingerprint density at radius 2 is 1.76 bits per heavy atom. The fraction of sp³-hybridized carbons (Fsp3) is 0.647. The molecule has 0 radical (unpaired) electrons. The van der Waals surface area contributed by atoms with Crippen molar-refractivity contribution < 1.29 is 0 Å². The number of hydrogen-bond donors (Lipinski definition) is 1. The molecule has 0 saturated carbocycles. The van der Waals surface area contributed by atoms with Crippen molar-refractivity contribution in [1.29, 1.82) is 0 Å². The highest BCUT2D eigenvalue weighted by Gasteiger charge is 2.31. The number of hydrogen-bond acceptors (Lipinski definition) is 3. The Balaban J connectivity index is 1.57. The molecule has 2 aliphatic heterocycles. The average molecular weight is 399 g/mol. The van der Waals surface area contributed by atoms with Crippen LogP contribution in [-0.2, 0) is 0 Å². The minimum absolute atomic E-state index is 0.435. The molecule has 1 aromatic rings. The molecule has 2 saturated heterocycles. The molecule has 2 aliphatic rings. The zero-order chi connectivity index (χ0) is 14.8. The number of nitrogens with zero attached hydrogens (tertiary/aromatic N) is 2. The first kappa shape index (κ1) is 15.7. The lowest BCUT2D eigenvalue weighted by atomic mass is 10.0. The summed E-state index contributed by atoms with van der Waals surface area (Å²) in [6.07, 6.45) is 3.65. The van der Waals surface area contributed by atoms with E-state index >= 15 is 0 Å². The summed E-state index contributed by atoms with van der Waals surface area (Å²) in [4.78, 5) is 5.31. The highest BCUT2D eigenvalue weighted by Crippen LogP contribution is 2.28. The van der Waals surface area contributed by atoms with E-state index in [0.717, 1.165) is 6.04 Å².